The quantitative estimate of drug-likeness (QED) is 0.240. The van der Waals surface area contributed by atoms with Gasteiger partial charge in [0.15, 0.2) is 0 Å². The van der Waals surface area contributed by atoms with Gasteiger partial charge in [-0.3, -0.25) is 14.5 Å². The molecule has 0 radical (unpaired) electrons. The van der Waals surface area contributed by atoms with Crippen LogP contribution in [0.25, 0.3) is 10.9 Å². The van der Waals surface area contributed by atoms with Crippen LogP contribution in [0.15, 0.2) is 59.9 Å². The number of unbranched alkanes of at least 4 members (excludes halogenated alkanes) is 5. The van der Waals surface area contributed by atoms with Crippen LogP contribution in [0.5, 0.6) is 5.75 Å². The first-order valence-corrected chi connectivity index (χ1v) is 15.1. The Balaban J connectivity index is 1.47. The van der Waals surface area contributed by atoms with Crippen LogP contribution in [0.3, 0.4) is 0 Å². The molecule has 0 saturated heterocycles. The minimum Gasteiger partial charge on any atom is -0.494 e. The van der Waals surface area contributed by atoms with E-state index in [4.69, 9.17) is 4.74 Å². The van der Waals surface area contributed by atoms with Crippen LogP contribution >= 0.6 is 0 Å². The van der Waals surface area contributed by atoms with Crippen LogP contribution in [0.4, 0.5) is 5.69 Å². The summed E-state index contributed by atoms with van der Waals surface area (Å²) >= 11 is 0. The number of nitrogens with zero attached hydrogens (tertiary/aromatic N) is 2. The third kappa shape index (κ3) is 5.67. The molecule has 1 N–H and O–H groups in total. The summed E-state index contributed by atoms with van der Waals surface area (Å²) < 4.78 is 8.39. The monoisotopic (exact) mass is 541 g/mol. The first-order chi connectivity index (χ1) is 19.4. The van der Waals surface area contributed by atoms with Crippen molar-refractivity contribution < 1.29 is 14.3 Å². The highest BCUT2D eigenvalue weighted by Gasteiger charge is 2.41. The van der Waals surface area contributed by atoms with Gasteiger partial charge >= 0.3 is 0 Å². The zero-order valence-electron chi connectivity index (χ0n) is 24.5. The molecule has 0 fully saturated rings. The average molecular weight is 542 g/mol. The molecule has 1 unspecified atom stereocenters. The number of carbonyl (C=O) groups is 2. The van der Waals surface area contributed by atoms with Crippen molar-refractivity contribution in [2.75, 3.05) is 18.5 Å². The smallest absolute Gasteiger partial charge is 0.259 e. The Kier molecular flexibility index (Phi) is 8.63. The fraction of sp³-hybridized carbons (Fsp3) is 0.471. The van der Waals surface area contributed by atoms with E-state index in [0.717, 1.165) is 53.0 Å². The molecule has 1 atom stereocenters. The van der Waals surface area contributed by atoms with Gasteiger partial charge in [0, 0.05) is 42.4 Å². The van der Waals surface area contributed by atoms with Gasteiger partial charge < -0.3 is 14.6 Å². The number of nitrogens with one attached hydrogen (secondary N) is 1. The van der Waals surface area contributed by atoms with Gasteiger partial charge in [-0.25, -0.2) is 0 Å². The fourth-order valence-corrected chi connectivity index (χ4v) is 6.03. The fourth-order valence-electron chi connectivity index (χ4n) is 6.03. The van der Waals surface area contributed by atoms with Gasteiger partial charge in [-0.2, -0.15) is 0 Å². The van der Waals surface area contributed by atoms with Gasteiger partial charge in [-0.05, 0) is 54.2 Å². The van der Waals surface area contributed by atoms with Crippen LogP contribution in [-0.2, 0) is 16.1 Å². The highest BCUT2D eigenvalue weighted by molar-refractivity contribution is 6.11. The van der Waals surface area contributed by atoms with Gasteiger partial charge in [0.2, 0.25) is 5.91 Å². The summed E-state index contributed by atoms with van der Waals surface area (Å²) in [5.74, 6) is 0.716. The number of carbonyl (C=O) groups excluding carboxylic acids is 2. The van der Waals surface area contributed by atoms with Crippen LogP contribution < -0.4 is 10.1 Å². The van der Waals surface area contributed by atoms with E-state index in [1.165, 1.54) is 49.4 Å². The lowest BCUT2D eigenvalue weighted by atomic mass is 9.84. The Morgan fingerprint density at radius 3 is 2.52 bits per heavy atom. The summed E-state index contributed by atoms with van der Waals surface area (Å²) in [7, 11) is 0. The van der Waals surface area contributed by atoms with Crippen molar-refractivity contribution in [3.8, 4) is 5.75 Å². The molecule has 0 spiro atoms. The molecular weight excluding hydrogens is 498 g/mol. The molecule has 3 aromatic rings. The first kappa shape index (κ1) is 28.0. The third-order valence-electron chi connectivity index (χ3n) is 8.25. The van der Waals surface area contributed by atoms with E-state index in [1.807, 2.05) is 12.1 Å². The van der Waals surface area contributed by atoms with Gasteiger partial charge in [-0.1, -0.05) is 71.1 Å². The molecule has 40 heavy (non-hydrogen) atoms. The van der Waals surface area contributed by atoms with Crippen molar-refractivity contribution in [3.05, 3.63) is 71.1 Å². The van der Waals surface area contributed by atoms with E-state index in [1.54, 1.807) is 0 Å². The molecule has 2 aliphatic rings. The number of ether oxygens (including phenoxy) is 1. The standard InChI is InChI=1S/C34H43N3O3/c1-5-6-7-8-9-10-20-40-26-16-14-25(15-17-26)31-27-21-36(19-18-23(2)3)30-13-11-12-28(32(27)30)35-29-22-37(24(4)38)34(39)33(29)31/h11-17,21,23,31,35H,5-10,18-20,22H2,1-4H3. The predicted molar refractivity (Wildman–Crippen MR) is 162 cm³/mol. The number of anilines is 1. The van der Waals surface area contributed by atoms with Gasteiger partial charge in [-0.15, -0.1) is 0 Å². The summed E-state index contributed by atoms with van der Waals surface area (Å²) in [6.07, 6.45) is 10.7. The molecule has 6 nitrogen and oxygen atoms in total. The summed E-state index contributed by atoms with van der Waals surface area (Å²) in [6.45, 7) is 10.1. The van der Waals surface area contributed by atoms with Gasteiger partial charge in [0.25, 0.3) is 5.91 Å². The minimum absolute atomic E-state index is 0.209. The number of hydrogen-bond acceptors (Lipinski definition) is 4. The number of hydrogen-bond donors (Lipinski definition) is 1. The van der Waals surface area contributed by atoms with E-state index in [-0.39, 0.29) is 24.3 Å². The summed E-state index contributed by atoms with van der Waals surface area (Å²) in [5.41, 5.74) is 5.76. The first-order valence-electron chi connectivity index (χ1n) is 15.1. The molecule has 0 bridgehead atoms. The van der Waals surface area contributed by atoms with E-state index >= 15 is 0 Å². The lowest BCUT2D eigenvalue weighted by molar-refractivity contribution is -0.139. The van der Waals surface area contributed by atoms with Crippen LogP contribution in [0.1, 0.15) is 89.7 Å². The Morgan fingerprint density at radius 1 is 1.05 bits per heavy atom. The van der Waals surface area contributed by atoms with Crippen molar-refractivity contribution >= 4 is 28.4 Å². The second-order valence-electron chi connectivity index (χ2n) is 11.7. The number of imide groups is 1. The van der Waals surface area contributed by atoms with Crippen LogP contribution in [0.2, 0.25) is 0 Å². The van der Waals surface area contributed by atoms with Crippen molar-refractivity contribution in [3.63, 3.8) is 0 Å². The highest BCUT2D eigenvalue weighted by atomic mass is 16.5. The van der Waals surface area contributed by atoms with Gasteiger partial charge in [0.05, 0.1) is 24.2 Å². The molecule has 0 aliphatic carbocycles. The lowest BCUT2D eigenvalue weighted by Gasteiger charge is -2.20. The Hall–Kier alpha value is -3.54. The van der Waals surface area contributed by atoms with Crippen molar-refractivity contribution in [2.24, 2.45) is 5.92 Å². The molecule has 5 rings (SSSR count). The van der Waals surface area contributed by atoms with E-state index in [0.29, 0.717) is 18.1 Å². The van der Waals surface area contributed by atoms with Gasteiger partial charge in [0.1, 0.15) is 5.75 Å². The normalized spacial score (nSPS) is 16.5. The van der Waals surface area contributed by atoms with Crippen LogP contribution in [-0.4, -0.2) is 34.4 Å². The number of benzene rings is 2. The third-order valence-corrected chi connectivity index (χ3v) is 8.25. The van der Waals surface area contributed by atoms with E-state index in [2.05, 4.69) is 67.2 Å². The molecule has 212 valence electrons. The molecule has 0 saturated carbocycles. The molecule has 3 heterocycles. The van der Waals surface area contributed by atoms with Crippen LogP contribution in [0, 0.1) is 5.92 Å². The maximum atomic E-state index is 13.7. The minimum atomic E-state index is -0.279. The summed E-state index contributed by atoms with van der Waals surface area (Å²) in [5, 5.41) is 4.72. The Morgan fingerprint density at radius 2 is 1.80 bits per heavy atom. The van der Waals surface area contributed by atoms with Crippen molar-refractivity contribution in [1.82, 2.24) is 9.47 Å². The topological polar surface area (TPSA) is 63.6 Å². The summed E-state index contributed by atoms with van der Waals surface area (Å²) in [4.78, 5) is 27.5. The average Bonchev–Trinajstić information content (AvgIpc) is 3.42. The molecular formula is C34H43N3O3. The number of amides is 2. The second-order valence-corrected chi connectivity index (χ2v) is 11.7. The summed E-state index contributed by atoms with van der Waals surface area (Å²) in [6, 6.07) is 14.5. The lowest BCUT2D eigenvalue weighted by Crippen LogP contribution is -2.33. The van der Waals surface area contributed by atoms with E-state index < -0.39 is 0 Å². The zero-order valence-corrected chi connectivity index (χ0v) is 24.5. The molecule has 1 aromatic heterocycles. The maximum absolute atomic E-state index is 13.7. The number of aryl methyl sites for hydroxylation is 1. The molecule has 6 heteroatoms. The SMILES string of the molecule is CCCCCCCCOc1ccc(C2C3=C(CN(C(C)=O)C3=O)Nc3cccc4c3c2cn4CCC(C)C)cc1. The maximum Gasteiger partial charge on any atom is 0.259 e. The van der Waals surface area contributed by atoms with Crippen molar-refractivity contribution in [2.45, 2.75) is 85.1 Å². The van der Waals surface area contributed by atoms with Crippen molar-refractivity contribution in [1.29, 1.82) is 0 Å². The predicted octanol–water partition coefficient (Wildman–Crippen LogP) is 7.63. The molecule has 2 amide bonds. The number of rotatable bonds is 12. The van der Waals surface area contributed by atoms with E-state index in [9.17, 15) is 9.59 Å². The highest BCUT2D eigenvalue weighted by Crippen LogP contribution is 2.46. The molecule has 2 aromatic carbocycles. The largest absolute Gasteiger partial charge is 0.494 e. The second kappa shape index (κ2) is 12.3. The molecule has 2 aliphatic heterocycles. The number of aromatic nitrogens is 1. The Labute approximate surface area is 238 Å². The Bertz CT molecular complexity index is 1400. The zero-order chi connectivity index (χ0) is 28.2.